The van der Waals surface area contributed by atoms with Crippen molar-refractivity contribution in [3.63, 3.8) is 0 Å². The SMILES string of the molecule is CSc1sc(/C(N)=N/C(=O)OC(C)(C)C)cc1/S(=N\Sc1cccc(N)c1)c1cccc(Br)c1. The summed E-state index contributed by atoms with van der Waals surface area (Å²) in [4.78, 5) is 19.8. The normalized spacial score (nSPS) is 13.1. The fourth-order valence-electron chi connectivity index (χ4n) is 2.65. The molecule has 0 radical (unpaired) electrons. The van der Waals surface area contributed by atoms with Gasteiger partial charge in [-0.25, -0.2) is 4.79 Å². The summed E-state index contributed by atoms with van der Waals surface area (Å²) >= 11 is 8.06. The van der Waals surface area contributed by atoms with Crippen molar-refractivity contribution < 1.29 is 9.53 Å². The molecular formula is C23H25BrN4O2S4. The van der Waals surface area contributed by atoms with Gasteiger partial charge in [-0.1, -0.05) is 28.1 Å². The summed E-state index contributed by atoms with van der Waals surface area (Å²) < 4.78 is 12.3. The minimum Gasteiger partial charge on any atom is -0.442 e. The smallest absolute Gasteiger partial charge is 0.436 e. The number of hydrogen-bond donors (Lipinski definition) is 2. The highest BCUT2D eigenvalue weighted by atomic mass is 79.9. The summed E-state index contributed by atoms with van der Waals surface area (Å²) in [6, 6.07) is 17.7. The Kier molecular flexibility index (Phi) is 9.27. The van der Waals surface area contributed by atoms with Gasteiger partial charge in [-0.3, -0.25) is 0 Å². The molecule has 0 saturated carbocycles. The molecule has 1 amide bonds. The number of hydrogen-bond acceptors (Lipinski definition) is 7. The zero-order valence-corrected chi connectivity index (χ0v) is 23.9. The number of thiophene rings is 1. The maximum absolute atomic E-state index is 12.2. The van der Waals surface area contributed by atoms with Crippen LogP contribution < -0.4 is 11.5 Å². The van der Waals surface area contributed by atoms with Gasteiger partial charge >= 0.3 is 6.09 Å². The van der Waals surface area contributed by atoms with Crippen LogP contribution in [-0.4, -0.2) is 23.8 Å². The lowest BCUT2D eigenvalue weighted by Crippen LogP contribution is -2.24. The van der Waals surface area contributed by atoms with Crippen molar-refractivity contribution in [3.8, 4) is 0 Å². The molecule has 11 heteroatoms. The zero-order valence-electron chi connectivity index (χ0n) is 19.1. The van der Waals surface area contributed by atoms with Gasteiger partial charge in [-0.2, -0.15) is 8.76 Å². The molecule has 2 aromatic carbocycles. The molecule has 0 aliphatic carbocycles. The molecule has 0 bridgehead atoms. The fourth-order valence-corrected chi connectivity index (χ4v) is 8.39. The zero-order chi connectivity index (χ0) is 24.9. The molecule has 3 aromatic rings. The van der Waals surface area contributed by atoms with Crippen LogP contribution in [0.5, 0.6) is 0 Å². The molecule has 0 saturated heterocycles. The molecule has 0 aliphatic heterocycles. The molecule has 1 aromatic heterocycles. The molecular weight excluding hydrogens is 572 g/mol. The van der Waals surface area contributed by atoms with Gasteiger partial charge in [0, 0.05) is 36.8 Å². The number of nitrogen functional groups attached to an aromatic ring is 1. The number of halogens is 1. The lowest BCUT2D eigenvalue weighted by Gasteiger charge is -2.17. The van der Waals surface area contributed by atoms with Gasteiger partial charge in [0.1, 0.15) is 11.4 Å². The minimum absolute atomic E-state index is 0.127. The van der Waals surface area contributed by atoms with Gasteiger partial charge in [-0.05, 0) is 80.2 Å². The minimum atomic E-state index is -0.710. The average molecular weight is 598 g/mol. The average Bonchev–Trinajstić information content (AvgIpc) is 3.17. The first-order chi connectivity index (χ1) is 16.1. The quantitative estimate of drug-likeness (QED) is 0.101. The van der Waals surface area contributed by atoms with Crippen LogP contribution in [-0.2, 0) is 15.4 Å². The third kappa shape index (κ3) is 7.61. The monoisotopic (exact) mass is 596 g/mol. The summed E-state index contributed by atoms with van der Waals surface area (Å²) in [6.45, 7) is 5.36. The lowest BCUT2D eigenvalue weighted by molar-refractivity contribution is 0.0604. The highest BCUT2D eigenvalue weighted by molar-refractivity contribution is 9.10. The van der Waals surface area contributed by atoms with Gasteiger partial charge in [0.25, 0.3) is 0 Å². The number of carbonyl (C=O) groups excluding carboxylic acids is 1. The van der Waals surface area contributed by atoms with E-state index in [9.17, 15) is 4.79 Å². The Labute approximate surface area is 223 Å². The van der Waals surface area contributed by atoms with E-state index in [2.05, 4.69) is 33.1 Å². The van der Waals surface area contributed by atoms with Crippen molar-refractivity contribution in [1.29, 1.82) is 0 Å². The Hall–Kier alpha value is -1.79. The van der Waals surface area contributed by atoms with Crippen LogP contribution in [0, 0.1) is 0 Å². The number of benzene rings is 2. The number of nitrogens with zero attached hydrogens (tertiary/aromatic N) is 2. The first-order valence-corrected chi connectivity index (χ1v) is 14.8. The predicted molar refractivity (Wildman–Crippen MR) is 150 cm³/mol. The molecule has 0 spiro atoms. The molecule has 1 atom stereocenters. The van der Waals surface area contributed by atoms with E-state index < -0.39 is 22.4 Å². The van der Waals surface area contributed by atoms with E-state index in [1.807, 2.05) is 48.7 Å². The number of aliphatic imine (C=N–C) groups is 1. The molecule has 0 fully saturated rings. The van der Waals surface area contributed by atoms with Gasteiger partial charge in [0.2, 0.25) is 0 Å². The number of nitrogens with two attached hydrogens (primary N) is 2. The molecule has 180 valence electrons. The van der Waals surface area contributed by atoms with Gasteiger partial charge in [-0.15, -0.1) is 23.1 Å². The highest BCUT2D eigenvalue weighted by Gasteiger charge is 2.20. The van der Waals surface area contributed by atoms with Gasteiger partial charge in [0.05, 0.1) is 9.09 Å². The highest BCUT2D eigenvalue weighted by Crippen LogP contribution is 2.38. The molecule has 1 heterocycles. The first kappa shape index (κ1) is 26.8. The number of anilines is 1. The maximum atomic E-state index is 12.2. The summed E-state index contributed by atoms with van der Waals surface area (Å²) in [5.41, 5.74) is 12.2. The van der Waals surface area contributed by atoms with Crippen LogP contribution in [0.3, 0.4) is 0 Å². The van der Waals surface area contributed by atoms with Gasteiger partial charge < -0.3 is 16.2 Å². The predicted octanol–water partition coefficient (Wildman–Crippen LogP) is 7.38. The second-order valence-corrected chi connectivity index (χ2v) is 13.7. The second kappa shape index (κ2) is 11.8. The van der Waals surface area contributed by atoms with E-state index in [4.69, 9.17) is 20.0 Å². The van der Waals surface area contributed by atoms with Crippen LogP contribution in [0.4, 0.5) is 10.5 Å². The third-order valence-electron chi connectivity index (χ3n) is 4.01. The molecule has 1 unspecified atom stereocenters. The summed E-state index contributed by atoms with van der Waals surface area (Å²) in [5, 5.41) is 0. The first-order valence-electron chi connectivity index (χ1n) is 10.0. The van der Waals surface area contributed by atoms with Crippen LogP contribution in [0.25, 0.3) is 0 Å². The number of thioether (sulfide) groups is 1. The van der Waals surface area contributed by atoms with Crippen LogP contribution in [0.15, 0.2) is 86.7 Å². The van der Waals surface area contributed by atoms with Crippen LogP contribution >= 0.6 is 51.0 Å². The van der Waals surface area contributed by atoms with Gasteiger partial charge in [0.15, 0.2) is 0 Å². The van der Waals surface area contributed by atoms with E-state index >= 15 is 0 Å². The van der Waals surface area contributed by atoms with Crippen molar-refractivity contribution in [2.75, 3.05) is 12.0 Å². The summed E-state index contributed by atoms with van der Waals surface area (Å²) in [5.74, 6) is 0.127. The molecule has 0 aliphatic rings. The standard InChI is InChI=1S/C23H25BrN4O2S4/c1-23(2,3)30-22(29)27-20(26)18-13-19(21(31-4)32-18)34(17-10-5-7-14(24)11-17)28-33-16-9-6-8-15(25)12-16/h5-13H,25H2,1-4H3,(H2,26,27,29). The van der Waals surface area contributed by atoms with E-state index in [-0.39, 0.29) is 5.84 Å². The van der Waals surface area contributed by atoms with Crippen molar-refractivity contribution >= 4 is 79.3 Å². The van der Waals surface area contributed by atoms with Crippen molar-refractivity contribution in [1.82, 2.24) is 0 Å². The Morgan fingerprint density at radius 2 is 1.88 bits per heavy atom. The number of rotatable bonds is 6. The van der Waals surface area contributed by atoms with Crippen molar-refractivity contribution in [3.05, 3.63) is 63.9 Å². The Morgan fingerprint density at radius 3 is 2.53 bits per heavy atom. The number of amides is 1. The Balaban J connectivity index is 2.04. The van der Waals surface area contributed by atoms with E-state index in [0.717, 1.165) is 23.4 Å². The number of ether oxygens (including phenoxy) is 1. The molecule has 6 nitrogen and oxygen atoms in total. The van der Waals surface area contributed by atoms with E-state index in [0.29, 0.717) is 10.6 Å². The number of carbonyl (C=O) groups is 1. The van der Waals surface area contributed by atoms with Crippen molar-refractivity contribution in [2.24, 2.45) is 14.5 Å². The summed E-state index contributed by atoms with van der Waals surface area (Å²) in [6.07, 6.45) is 1.30. The maximum Gasteiger partial charge on any atom is 0.436 e. The van der Waals surface area contributed by atoms with Crippen LogP contribution in [0.2, 0.25) is 0 Å². The van der Waals surface area contributed by atoms with Crippen molar-refractivity contribution in [2.45, 2.75) is 45.3 Å². The molecule has 34 heavy (non-hydrogen) atoms. The largest absolute Gasteiger partial charge is 0.442 e. The van der Waals surface area contributed by atoms with E-state index in [1.54, 1.807) is 32.5 Å². The molecule has 4 N–H and O–H groups in total. The molecule has 3 rings (SSSR count). The third-order valence-corrected chi connectivity index (χ3v) is 9.85. The second-order valence-electron chi connectivity index (χ2n) is 7.92. The lowest BCUT2D eigenvalue weighted by atomic mass is 10.2. The Bertz CT molecular complexity index is 1250. The summed E-state index contributed by atoms with van der Waals surface area (Å²) in [7, 11) is -0.624. The van der Waals surface area contributed by atoms with Crippen LogP contribution in [0.1, 0.15) is 25.6 Å². The van der Waals surface area contributed by atoms with E-state index in [1.165, 1.54) is 23.3 Å². The Morgan fingerprint density at radius 1 is 1.15 bits per heavy atom. The fraction of sp³-hybridized carbons (Fsp3) is 0.217. The topological polar surface area (TPSA) is 103 Å². The number of amidine groups is 1.